The molecule has 0 atom stereocenters. The second-order valence-electron chi connectivity index (χ2n) is 8.11. The number of sulfonamides is 1. The number of benzene rings is 1. The lowest BCUT2D eigenvalue weighted by atomic mass is 10.1. The molecule has 3 aromatic rings. The van der Waals surface area contributed by atoms with Gasteiger partial charge in [-0.25, -0.2) is 18.4 Å². The second-order valence-corrected chi connectivity index (χ2v) is 11.0. The molecule has 0 bridgehead atoms. The van der Waals surface area contributed by atoms with Crippen molar-refractivity contribution >= 4 is 43.2 Å². The van der Waals surface area contributed by atoms with Crippen molar-refractivity contribution in [2.45, 2.75) is 51.9 Å². The predicted octanol–water partition coefficient (Wildman–Crippen LogP) is 4.44. The van der Waals surface area contributed by atoms with Crippen LogP contribution in [0.5, 0.6) is 5.75 Å². The lowest BCUT2D eigenvalue weighted by molar-refractivity contribution is 0.103. The Morgan fingerprint density at radius 1 is 1.15 bits per heavy atom. The smallest absolute Gasteiger partial charge is 0.266 e. The van der Waals surface area contributed by atoms with E-state index in [1.165, 1.54) is 21.7 Å². The summed E-state index contributed by atoms with van der Waals surface area (Å²) in [4.78, 5) is 23.4. The first kappa shape index (κ1) is 23.6. The molecule has 0 spiro atoms. The molecule has 2 aromatic heterocycles. The van der Waals surface area contributed by atoms with Crippen LogP contribution in [0.2, 0.25) is 0 Å². The van der Waals surface area contributed by atoms with E-state index in [0.29, 0.717) is 41.8 Å². The van der Waals surface area contributed by atoms with Gasteiger partial charge < -0.3 is 10.1 Å². The largest absolute Gasteiger partial charge is 0.492 e. The molecular weight excluding hydrogens is 460 g/mol. The minimum absolute atomic E-state index is 0.0782. The summed E-state index contributed by atoms with van der Waals surface area (Å²) in [6, 6.07) is 4.76. The van der Waals surface area contributed by atoms with Gasteiger partial charge in [-0.15, -0.1) is 11.3 Å². The third-order valence-corrected chi connectivity index (χ3v) is 8.83. The monoisotopic (exact) mass is 488 g/mol. The highest BCUT2D eigenvalue weighted by atomic mass is 32.2. The van der Waals surface area contributed by atoms with Gasteiger partial charge in [-0.05, 0) is 64.3 Å². The van der Waals surface area contributed by atoms with E-state index >= 15 is 0 Å². The summed E-state index contributed by atoms with van der Waals surface area (Å²) < 4.78 is 33.8. The molecule has 1 aliphatic heterocycles. The molecule has 0 radical (unpaired) electrons. The van der Waals surface area contributed by atoms with E-state index in [-0.39, 0.29) is 10.8 Å². The van der Waals surface area contributed by atoms with E-state index in [1.807, 2.05) is 27.7 Å². The Morgan fingerprint density at radius 2 is 1.88 bits per heavy atom. The van der Waals surface area contributed by atoms with Crippen molar-refractivity contribution in [2.75, 3.05) is 25.0 Å². The van der Waals surface area contributed by atoms with Crippen LogP contribution in [0.15, 0.2) is 23.1 Å². The first-order valence-electron chi connectivity index (χ1n) is 11.0. The zero-order chi connectivity index (χ0) is 23.8. The average Bonchev–Trinajstić information content (AvgIpc) is 3.12. The Hall–Kier alpha value is -2.56. The van der Waals surface area contributed by atoms with Gasteiger partial charge >= 0.3 is 0 Å². The predicted molar refractivity (Wildman–Crippen MR) is 130 cm³/mol. The first-order chi connectivity index (χ1) is 15.7. The van der Waals surface area contributed by atoms with Crippen LogP contribution in [-0.4, -0.2) is 48.3 Å². The van der Waals surface area contributed by atoms with Crippen molar-refractivity contribution in [1.82, 2.24) is 14.3 Å². The van der Waals surface area contributed by atoms with Gasteiger partial charge in [0.2, 0.25) is 10.0 Å². The fraction of sp³-hybridized carbons (Fsp3) is 0.435. The maximum Gasteiger partial charge on any atom is 0.266 e. The van der Waals surface area contributed by atoms with Crippen LogP contribution in [0.25, 0.3) is 10.2 Å². The molecule has 4 rings (SSSR count). The molecule has 8 nitrogen and oxygen atoms in total. The van der Waals surface area contributed by atoms with Gasteiger partial charge in [0.1, 0.15) is 21.3 Å². The Kier molecular flexibility index (Phi) is 6.69. The number of rotatable bonds is 6. The standard InChI is InChI=1S/C23H28N4O4S2/c1-5-31-18-10-9-17(13-19(18)33(29,30)27-11-7-6-8-12-27)26-22(28)21-14(2)20-15(3)24-16(4)25-23(20)32-21/h9-10,13H,5-8,11-12H2,1-4H3,(H,26,28). The number of ether oxygens (including phenoxy) is 1. The van der Waals surface area contributed by atoms with Crippen LogP contribution in [0.3, 0.4) is 0 Å². The summed E-state index contributed by atoms with van der Waals surface area (Å²) in [6.45, 7) is 8.74. The zero-order valence-electron chi connectivity index (χ0n) is 19.3. The number of hydrogen-bond donors (Lipinski definition) is 1. The number of hydrogen-bond acceptors (Lipinski definition) is 7. The number of aryl methyl sites for hydroxylation is 3. The molecule has 1 N–H and O–H groups in total. The van der Waals surface area contributed by atoms with Gasteiger partial charge in [0.15, 0.2) is 0 Å². The Bertz CT molecular complexity index is 1310. The topological polar surface area (TPSA) is 101 Å². The summed E-state index contributed by atoms with van der Waals surface area (Å²) in [7, 11) is -3.74. The minimum Gasteiger partial charge on any atom is -0.492 e. The number of aromatic nitrogens is 2. The summed E-state index contributed by atoms with van der Waals surface area (Å²) in [5.74, 6) is 0.644. The number of piperidine rings is 1. The summed E-state index contributed by atoms with van der Waals surface area (Å²) in [5.41, 5.74) is 2.05. The molecular formula is C23H28N4O4S2. The van der Waals surface area contributed by atoms with Crippen LogP contribution in [0, 0.1) is 20.8 Å². The molecule has 0 unspecified atom stereocenters. The molecule has 176 valence electrons. The van der Waals surface area contributed by atoms with Crippen molar-refractivity contribution in [3.05, 3.63) is 40.2 Å². The van der Waals surface area contributed by atoms with Gasteiger partial charge in [0.25, 0.3) is 5.91 Å². The fourth-order valence-electron chi connectivity index (χ4n) is 4.18. The maximum absolute atomic E-state index is 13.4. The fourth-order valence-corrected chi connectivity index (χ4v) is 7.03. The van der Waals surface area contributed by atoms with Crippen molar-refractivity contribution in [1.29, 1.82) is 0 Å². The summed E-state index contributed by atoms with van der Waals surface area (Å²) >= 11 is 1.31. The summed E-state index contributed by atoms with van der Waals surface area (Å²) in [5, 5.41) is 3.75. The molecule has 0 saturated carbocycles. The Labute approximate surface area is 198 Å². The second kappa shape index (κ2) is 9.36. The molecule has 1 fully saturated rings. The third-order valence-electron chi connectivity index (χ3n) is 5.72. The van der Waals surface area contributed by atoms with Crippen molar-refractivity contribution in [2.24, 2.45) is 0 Å². The maximum atomic E-state index is 13.4. The molecule has 1 amide bonds. The highest BCUT2D eigenvalue weighted by Crippen LogP contribution is 2.34. The van der Waals surface area contributed by atoms with E-state index in [0.717, 1.165) is 40.7 Å². The number of amides is 1. The number of nitrogens with one attached hydrogen (secondary N) is 1. The number of fused-ring (bicyclic) bond motifs is 1. The molecule has 0 aliphatic carbocycles. The van der Waals surface area contributed by atoms with Crippen LogP contribution in [0.1, 0.15) is 52.9 Å². The summed E-state index contributed by atoms with van der Waals surface area (Å²) in [6.07, 6.45) is 2.71. The molecule has 33 heavy (non-hydrogen) atoms. The molecule has 10 heteroatoms. The van der Waals surface area contributed by atoms with Gasteiger partial charge in [-0.3, -0.25) is 4.79 Å². The van der Waals surface area contributed by atoms with E-state index in [4.69, 9.17) is 4.74 Å². The number of thiophene rings is 1. The molecule has 3 heterocycles. The normalized spacial score (nSPS) is 15.0. The lowest BCUT2D eigenvalue weighted by Gasteiger charge is -2.27. The van der Waals surface area contributed by atoms with E-state index in [9.17, 15) is 13.2 Å². The van der Waals surface area contributed by atoms with Crippen LogP contribution < -0.4 is 10.1 Å². The number of carbonyl (C=O) groups excluding carboxylic acids is 1. The Morgan fingerprint density at radius 3 is 2.58 bits per heavy atom. The van der Waals surface area contributed by atoms with Gasteiger partial charge in [-0.1, -0.05) is 6.42 Å². The zero-order valence-corrected chi connectivity index (χ0v) is 20.9. The van der Waals surface area contributed by atoms with Crippen molar-refractivity contribution in [3.63, 3.8) is 0 Å². The molecule has 1 aliphatic rings. The molecule has 1 saturated heterocycles. The van der Waals surface area contributed by atoms with Gasteiger partial charge in [0.05, 0.1) is 11.5 Å². The average molecular weight is 489 g/mol. The number of anilines is 1. The third kappa shape index (κ3) is 4.60. The highest BCUT2D eigenvalue weighted by Gasteiger charge is 2.29. The highest BCUT2D eigenvalue weighted by molar-refractivity contribution is 7.89. The Balaban J connectivity index is 1.68. The number of nitrogens with zero attached hydrogens (tertiary/aromatic N) is 3. The van der Waals surface area contributed by atoms with Crippen molar-refractivity contribution in [3.8, 4) is 5.75 Å². The van der Waals surface area contributed by atoms with E-state index in [2.05, 4.69) is 15.3 Å². The molecule has 1 aromatic carbocycles. The number of carbonyl (C=O) groups is 1. The van der Waals surface area contributed by atoms with E-state index < -0.39 is 10.0 Å². The van der Waals surface area contributed by atoms with Gasteiger partial charge in [-0.2, -0.15) is 4.31 Å². The van der Waals surface area contributed by atoms with Gasteiger partial charge in [0, 0.05) is 29.9 Å². The SMILES string of the molecule is CCOc1ccc(NC(=O)c2sc3nc(C)nc(C)c3c2C)cc1S(=O)(=O)N1CCCCC1. The van der Waals surface area contributed by atoms with E-state index in [1.54, 1.807) is 12.1 Å². The quantitative estimate of drug-likeness (QED) is 0.550. The van der Waals surface area contributed by atoms with Crippen molar-refractivity contribution < 1.29 is 17.9 Å². The first-order valence-corrected chi connectivity index (χ1v) is 13.3. The lowest BCUT2D eigenvalue weighted by Crippen LogP contribution is -2.35. The minimum atomic E-state index is -3.74. The van der Waals surface area contributed by atoms with Crippen LogP contribution >= 0.6 is 11.3 Å². The van der Waals surface area contributed by atoms with Crippen LogP contribution in [-0.2, 0) is 10.0 Å². The van der Waals surface area contributed by atoms with Crippen LogP contribution in [0.4, 0.5) is 5.69 Å².